The van der Waals surface area contributed by atoms with Crippen LogP contribution in [-0.2, 0) is 0 Å². The summed E-state index contributed by atoms with van der Waals surface area (Å²) in [6.07, 6.45) is 0. The van der Waals surface area contributed by atoms with Gasteiger partial charge in [-0.2, -0.15) is 0 Å². The fourth-order valence-corrected chi connectivity index (χ4v) is 2.35. The van der Waals surface area contributed by atoms with Crippen LogP contribution < -0.4 is 0 Å². The molecule has 0 unspecified atom stereocenters. The molecule has 3 heteroatoms. The van der Waals surface area contributed by atoms with Crippen molar-refractivity contribution in [3.05, 3.63) is 64.5 Å². The van der Waals surface area contributed by atoms with Crippen molar-refractivity contribution in [2.24, 2.45) is 0 Å². The highest BCUT2D eigenvalue weighted by molar-refractivity contribution is 7.71. The molecule has 1 heterocycles. The van der Waals surface area contributed by atoms with Gasteiger partial charge in [0.25, 0.3) is 4.84 Å². The van der Waals surface area contributed by atoms with Crippen molar-refractivity contribution in [3.8, 4) is 22.6 Å². The molecule has 2 aromatic carbocycles. The van der Waals surface area contributed by atoms with E-state index < -0.39 is 0 Å². The zero-order valence-electron chi connectivity index (χ0n) is 11.4. The van der Waals surface area contributed by atoms with E-state index in [1.807, 2.05) is 0 Å². The number of aromatic nitrogens is 1. The van der Waals surface area contributed by atoms with Crippen molar-refractivity contribution in [1.82, 2.24) is 4.98 Å². The summed E-state index contributed by atoms with van der Waals surface area (Å²) >= 11 is 5.15. The minimum absolute atomic E-state index is 0.399. The van der Waals surface area contributed by atoms with Gasteiger partial charge < -0.3 is 9.40 Å². The maximum Gasteiger partial charge on any atom is 0.266 e. The average Bonchev–Trinajstić information content (AvgIpc) is 2.82. The van der Waals surface area contributed by atoms with E-state index in [0.29, 0.717) is 4.84 Å². The first-order valence-corrected chi connectivity index (χ1v) is 6.91. The summed E-state index contributed by atoms with van der Waals surface area (Å²) in [6, 6.07) is 16.5. The van der Waals surface area contributed by atoms with E-state index in [2.05, 4.69) is 67.4 Å². The number of hydrogen-bond donors (Lipinski definition) is 1. The van der Waals surface area contributed by atoms with Crippen LogP contribution in [0.2, 0.25) is 0 Å². The first-order chi connectivity index (χ1) is 9.63. The van der Waals surface area contributed by atoms with Crippen LogP contribution in [0.1, 0.15) is 11.1 Å². The zero-order valence-corrected chi connectivity index (χ0v) is 12.3. The molecule has 0 radical (unpaired) electrons. The van der Waals surface area contributed by atoms with Gasteiger partial charge in [0.05, 0.1) is 5.69 Å². The van der Waals surface area contributed by atoms with Crippen LogP contribution in [-0.4, -0.2) is 4.98 Å². The lowest BCUT2D eigenvalue weighted by atomic mass is 10.0. The van der Waals surface area contributed by atoms with Crippen LogP contribution in [0.5, 0.6) is 0 Å². The van der Waals surface area contributed by atoms with E-state index in [9.17, 15) is 0 Å². The van der Waals surface area contributed by atoms with Crippen molar-refractivity contribution in [2.45, 2.75) is 13.8 Å². The molecule has 0 spiro atoms. The molecule has 20 heavy (non-hydrogen) atoms. The molecule has 0 aliphatic heterocycles. The second-order valence-corrected chi connectivity index (χ2v) is 5.32. The fraction of sp³-hybridized carbons (Fsp3) is 0.118. The molecule has 0 saturated carbocycles. The van der Waals surface area contributed by atoms with Gasteiger partial charge >= 0.3 is 0 Å². The summed E-state index contributed by atoms with van der Waals surface area (Å²) < 4.78 is 5.68. The zero-order chi connectivity index (χ0) is 14.1. The third kappa shape index (κ3) is 2.45. The monoisotopic (exact) mass is 281 g/mol. The number of hydrogen-bond acceptors (Lipinski definition) is 2. The molecule has 0 amide bonds. The molecule has 3 aromatic rings. The number of nitrogens with one attached hydrogen (secondary N) is 1. The predicted octanol–water partition coefficient (Wildman–Crippen LogP) is 5.29. The standard InChI is InChI=1S/C17H15NOS/c1-11-3-7-13(8-4-11)15-16(19-17(20)18-15)14-9-5-12(2)6-10-14/h3-10H,1-2H3,(H,18,20). The highest BCUT2D eigenvalue weighted by Gasteiger charge is 2.12. The van der Waals surface area contributed by atoms with E-state index in [-0.39, 0.29) is 0 Å². The van der Waals surface area contributed by atoms with Crippen molar-refractivity contribution >= 4 is 12.2 Å². The predicted molar refractivity (Wildman–Crippen MR) is 84.2 cm³/mol. The van der Waals surface area contributed by atoms with Crippen LogP contribution in [0.3, 0.4) is 0 Å². The summed E-state index contributed by atoms with van der Waals surface area (Å²) in [5.74, 6) is 0.791. The second-order valence-electron chi connectivity index (χ2n) is 4.95. The molecule has 0 fully saturated rings. The van der Waals surface area contributed by atoms with E-state index in [1.165, 1.54) is 11.1 Å². The van der Waals surface area contributed by atoms with E-state index >= 15 is 0 Å². The van der Waals surface area contributed by atoms with E-state index in [0.717, 1.165) is 22.6 Å². The quantitative estimate of drug-likeness (QED) is 0.647. The second kappa shape index (κ2) is 5.10. The Hall–Kier alpha value is -2.13. The summed E-state index contributed by atoms with van der Waals surface area (Å²) in [6.45, 7) is 4.14. The Kier molecular flexibility index (Phi) is 3.28. The lowest BCUT2D eigenvalue weighted by Gasteiger charge is -2.03. The third-order valence-electron chi connectivity index (χ3n) is 3.30. The maximum atomic E-state index is 5.68. The van der Waals surface area contributed by atoms with Crippen molar-refractivity contribution in [2.75, 3.05) is 0 Å². The van der Waals surface area contributed by atoms with Crippen LogP contribution in [0, 0.1) is 18.7 Å². The Morgan fingerprint density at radius 2 is 1.30 bits per heavy atom. The van der Waals surface area contributed by atoms with Gasteiger partial charge in [-0.3, -0.25) is 0 Å². The van der Waals surface area contributed by atoms with Crippen LogP contribution in [0.15, 0.2) is 52.9 Å². The lowest BCUT2D eigenvalue weighted by molar-refractivity contribution is 0.554. The third-order valence-corrected chi connectivity index (χ3v) is 3.49. The number of oxazole rings is 1. The van der Waals surface area contributed by atoms with Gasteiger partial charge in [0.15, 0.2) is 5.76 Å². The first kappa shape index (κ1) is 12.9. The minimum Gasteiger partial charge on any atom is -0.429 e. The Morgan fingerprint density at radius 1 is 0.800 bits per heavy atom. The van der Waals surface area contributed by atoms with Crippen LogP contribution >= 0.6 is 12.2 Å². The van der Waals surface area contributed by atoms with Crippen molar-refractivity contribution in [1.29, 1.82) is 0 Å². The van der Waals surface area contributed by atoms with Gasteiger partial charge in [-0.05, 0) is 26.1 Å². The average molecular weight is 281 g/mol. The normalized spacial score (nSPS) is 10.7. The highest BCUT2D eigenvalue weighted by Crippen LogP contribution is 2.31. The molecule has 0 aliphatic rings. The summed E-state index contributed by atoms with van der Waals surface area (Å²) in [5, 5.41) is 0. The lowest BCUT2D eigenvalue weighted by Crippen LogP contribution is -1.83. The summed E-state index contributed by atoms with van der Waals surface area (Å²) in [5.41, 5.74) is 5.48. The molecule has 100 valence electrons. The number of benzene rings is 2. The number of aromatic amines is 1. The molecule has 1 aromatic heterocycles. The first-order valence-electron chi connectivity index (χ1n) is 6.51. The molecule has 3 rings (SSSR count). The van der Waals surface area contributed by atoms with Gasteiger partial charge in [-0.25, -0.2) is 0 Å². The topological polar surface area (TPSA) is 28.9 Å². The Bertz CT molecular complexity index is 713. The van der Waals surface area contributed by atoms with Gasteiger partial charge in [0, 0.05) is 11.1 Å². The number of H-pyrrole nitrogens is 1. The molecule has 0 atom stereocenters. The molecule has 2 nitrogen and oxygen atoms in total. The molecule has 0 bridgehead atoms. The Labute approximate surface area is 123 Å². The van der Waals surface area contributed by atoms with Gasteiger partial charge in [-0.1, -0.05) is 59.7 Å². The van der Waals surface area contributed by atoms with Gasteiger partial charge in [-0.15, -0.1) is 0 Å². The van der Waals surface area contributed by atoms with Gasteiger partial charge in [0.2, 0.25) is 0 Å². The number of rotatable bonds is 2. The van der Waals surface area contributed by atoms with Crippen molar-refractivity contribution < 1.29 is 4.42 Å². The summed E-state index contributed by atoms with van der Waals surface area (Å²) in [4.78, 5) is 3.54. The Morgan fingerprint density at radius 3 is 1.85 bits per heavy atom. The Balaban J connectivity index is 2.15. The van der Waals surface area contributed by atoms with Crippen molar-refractivity contribution in [3.63, 3.8) is 0 Å². The maximum absolute atomic E-state index is 5.68. The van der Waals surface area contributed by atoms with Crippen LogP contribution in [0.25, 0.3) is 22.6 Å². The van der Waals surface area contributed by atoms with Gasteiger partial charge in [0.1, 0.15) is 0 Å². The number of aryl methyl sites for hydroxylation is 2. The smallest absolute Gasteiger partial charge is 0.266 e. The SMILES string of the molecule is Cc1ccc(-c2[nH]c(=S)oc2-c2ccc(C)cc2)cc1. The molecule has 0 aliphatic carbocycles. The molecular formula is C17H15NOS. The fourth-order valence-electron chi connectivity index (χ4n) is 2.16. The van der Waals surface area contributed by atoms with Crippen LogP contribution in [0.4, 0.5) is 0 Å². The molecule has 0 saturated heterocycles. The largest absolute Gasteiger partial charge is 0.429 e. The molecule has 1 N–H and O–H groups in total. The molecular weight excluding hydrogens is 266 g/mol. The van der Waals surface area contributed by atoms with E-state index in [1.54, 1.807) is 0 Å². The summed E-state index contributed by atoms with van der Waals surface area (Å²) in [7, 11) is 0. The van der Waals surface area contributed by atoms with E-state index in [4.69, 9.17) is 16.6 Å². The minimum atomic E-state index is 0.399. The highest BCUT2D eigenvalue weighted by atomic mass is 32.1.